The van der Waals surface area contributed by atoms with E-state index in [1.807, 2.05) is 18.2 Å². The molecule has 0 fully saturated rings. The molecule has 8 heteroatoms. The van der Waals surface area contributed by atoms with E-state index in [-0.39, 0.29) is 29.5 Å². The summed E-state index contributed by atoms with van der Waals surface area (Å²) in [5.74, 6) is 0.795. The lowest BCUT2D eigenvalue weighted by Crippen LogP contribution is -2.26. The smallest absolute Gasteiger partial charge is 0.255 e. The van der Waals surface area contributed by atoms with Crippen LogP contribution in [0.15, 0.2) is 42.5 Å². The molecule has 0 heterocycles. The Labute approximate surface area is 165 Å². The predicted molar refractivity (Wildman–Crippen MR) is 107 cm³/mol. The van der Waals surface area contributed by atoms with Crippen molar-refractivity contribution in [2.24, 2.45) is 0 Å². The van der Waals surface area contributed by atoms with Gasteiger partial charge in [-0.25, -0.2) is 8.42 Å². The third kappa shape index (κ3) is 5.88. The Morgan fingerprint density at radius 2 is 1.54 bits per heavy atom. The predicted octanol–water partition coefficient (Wildman–Crippen LogP) is 2.45. The lowest BCUT2D eigenvalue weighted by atomic mass is 10.1. The SMILES string of the molecule is COc1cc(OC)c(C(=O)NCCCS(=O)(=O)Cc2ccccc2)cc1OC. The number of ether oxygens (including phenoxy) is 3. The van der Waals surface area contributed by atoms with Crippen LogP contribution in [-0.2, 0) is 15.6 Å². The van der Waals surface area contributed by atoms with Gasteiger partial charge in [0, 0.05) is 18.7 Å². The van der Waals surface area contributed by atoms with Crippen molar-refractivity contribution in [3.05, 3.63) is 53.6 Å². The van der Waals surface area contributed by atoms with Crippen LogP contribution < -0.4 is 19.5 Å². The number of carbonyl (C=O) groups excluding carboxylic acids is 1. The molecule has 0 saturated carbocycles. The number of nitrogens with one attached hydrogen (secondary N) is 1. The highest BCUT2D eigenvalue weighted by molar-refractivity contribution is 7.90. The molecule has 1 N–H and O–H groups in total. The Morgan fingerprint density at radius 3 is 2.14 bits per heavy atom. The fourth-order valence-electron chi connectivity index (χ4n) is 2.70. The molecule has 0 atom stereocenters. The highest BCUT2D eigenvalue weighted by atomic mass is 32.2. The Morgan fingerprint density at radius 1 is 0.929 bits per heavy atom. The van der Waals surface area contributed by atoms with Crippen molar-refractivity contribution in [2.45, 2.75) is 12.2 Å². The van der Waals surface area contributed by atoms with Gasteiger partial charge < -0.3 is 19.5 Å². The number of carbonyl (C=O) groups is 1. The monoisotopic (exact) mass is 407 g/mol. The molecule has 2 aromatic rings. The largest absolute Gasteiger partial charge is 0.496 e. The van der Waals surface area contributed by atoms with Gasteiger partial charge in [-0.3, -0.25) is 4.79 Å². The maximum atomic E-state index is 12.5. The highest BCUT2D eigenvalue weighted by Crippen LogP contribution is 2.34. The molecule has 0 unspecified atom stereocenters. The Balaban J connectivity index is 1.93. The first-order valence-electron chi connectivity index (χ1n) is 8.72. The first-order chi connectivity index (χ1) is 13.4. The van der Waals surface area contributed by atoms with Crippen molar-refractivity contribution in [3.8, 4) is 17.2 Å². The average Bonchev–Trinajstić information content (AvgIpc) is 2.70. The lowest BCUT2D eigenvalue weighted by molar-refractivity contribution is 0.0950. The van der Waals surface area contributed by atoms with E-state index in [4.69, 9.17) is 14.2 Å². The summed E-state index contributed by atoms with van der Waals surface area (Å²) in [5, 5.41) is 2.72. The van der Waals surface area contributed by atoms with Crippen molar-refractivity contribution >= 4 is 15.7 Å². The van der Waals surface area contributed by atoms with Gasteiger partial charge in [0.15, 0.2) is 21.3 Å². The summed E-state index contributed by atoms with van der Waals surface area (Å²) in [5.41, 5.74) is 1.04. The minimum atomic E-state index is -3.24. The van der Waals surface area contributed by atoms with Crippen molar-refractivity contribution < 1.29 is 27.4 Å². The number of methoxy groups -OCH3 is 3. The van der Waals surface area contributed by atoms with Crippen LogP contribution in [-0.4, -0.2) is 48.0 Å². The molecule has 1 amide bonds. The van der Waals surface area contributed by atoms with Crippen LogP contribution in [0.1, 0.15) is 22.3 Å². The van der Waals surface area contributed by atoms with Crippen LogP contribution in [0.4, 0.5) is 0 Å². The molecule has 0 aliphatic rings. The van der Waals surface area contributed by atoms with Gasteiger partial charge in [-0.2, -0.15) is 0 Å². The molecule has 7 nitrogen and oxygen atoms in total. The molecule has 0 aliphatic heterocycles. The molecule has 0 spiro atoms. The maximum Gasteiger partial charge on any atom is 0.255 e. The normalized spacial score (nSPS) is 11.0. The van der Waals surface area contributed by atoms with E-state index in [1.165, 1.54) is 27.4 Å². The van der Waals surface area contributed by atoms with Crippen LogP contribution in [0.2, 0.25) is 0 Å². The number of benzene rings is 2. The molecule has 2 aromatic carbocycles. The van der Waals surface area contributed by atoms with E-state index < -0.39 is 9.84 Å². The van der Waals surface area contributed by atoms with Crippen molar-refractivity contribution in [3.63, 3.8) is 0 Å². The fraction of sp³-hybridized carbons (Fsp3) is 0.350. The van der Waals surface area contributed by atoms with Crippen molar-refractivity contribution in [1.82, 2.24) is 5.32 Å². The van der Waals surface area contributed by atoms with E-state index in [2.05, 4.69) is 5.32 Å². The van der Waals surface area contributed by atoms with Gasteiger partial charge in [-0.15, -0.1) is 0 Å². The van der Waals surface area contributed by atoms with E-state index in [1.54, 1.807) is 18.2 Å². The average molecular weight is 407 g/mol. The Hall–Kier alpha value is -2.74. The zero-order chi connectivity index (χ0) is 20.6. The Bertz CT molecular complexity index is 896. The molecule has 152 valence electrons. The van der Waals surface area contributed by atoms with Gasteiger partial charge in [0.25, 0.3) is 5.91 Å². The van der Waals surface area contributed by atoms with E-state index in [9.17, 15) is 13.2 Å². The molecule has 0 radical (unpaired) electrons. The highest BCUT2D eigenvalue weighted by Gasteiger charge is 2.18. The van der Waals surface area contributed by atoms with E-state index >= 15 is 0 Å². The van der Waals surface area contributed by atoms with Crippen molar-refractivity contribution in [1.29, 1.82) is 0 Å². The standard InChI is InChI=1S/C20H25NO6S/c1-25-17-13-19(27-3)18(26-2)12-16(17)20(22)21-10-7-11-28(23,24)14-15-8-5-4-6-9-15/h4-6,8-9,12-13H,7,10-11,14H2,1-3H3,(H,21,22). The second-order valence-corrected chi connectivity index (χ2v) is 8.28. The molecule has 0 aliphatic carbocycles. The van der Waals surface area contributed by atoms with Gasteiger partial charge >= 0.3 is 0 Å². The number of rotatable bonds is 10. The molecule has 2 rings (SSSR count). The molecular weight excluding hydrogens is 382 g/mol. The van der Waals surface area contributed by atoms with Gasteiger partial charge in [-0.05, 0) is 12.0 Å². The molecule has 28 heavy (non-hydrogen) atoms. The van der Waals surface area contributed by atoms with Gasteiger partial charge in [0.05, 0.1) is 38.4 Å². The third-order valence-electron chi connectivity index (χ3n) is 4.10. The summed E-state index contributed by atoms with van der Waals surface area (Å²) in [4.78, 5) is 12.5. The number of hydrogen-bond acceptors (Lipinski definition) is 6. The fourth-order valence-corrected chi connectivity index (χ4v) is 4.13. The van der Waals surface area contributed by atoms with Crippen molar-refractivity contribution in [2.75, 3.05) is 33.6 Å². The zero-order valence-electron chi connectivity index (χ0n) is 16.2. The third-order valence-corrected chi connectivity index (χ3v) is 5.78. The van der Waals surface area contributed by atoms with E-state index in [0.29, 0.717) is 23.7 Å². The summed E-state index contributed by atoms with van der Waals surface area (Å²) in [6.45, 7) is 0.227. The zero-order valence-corrected chi connectivity index (χ0v) is 17.0. The Kier molecular flexibility index (Phi) is 7.69. The number of hydrogen-bond donors (Lipinski definition) is 1. The van der Waals surface area contributed by atoms with Gasteiger partial charge in [0.2, 0.25) is 0 Å². The minimum Gasteiger partial charge on any atom is -0.496 e. The summed E-state index contributed by atoms with van der Waals surface area (Å²) in [6, 6.07) is 12.1. The summed E-state index contributed by atoms with van der Waals surface area (Å²) >= 11 is 0. The van der Waals surface area contributed by atoms with Gasteiger partial charge in [0.1, 0.15) is 5.75 Å². The van der Waals surface area contributed by atoms with Crippen LogP contribution >= 0.6 is 0 Å². The summed E-state index contributed by atoms with van der Waals surface area (Å²) < 4.78 is 40.1. The quantitative estimate of drug-likeness (QED) is 0.609. The lowest BCUT2D eigenvalue weighted by Gasteiger charge is -2.14. The summed E-state index contributed by atoms with van der Waals surface area (Å²) in [6.07, 6.45) is 0.316. The van der Waals surface area contributed by atoms with Crippen LogP contribution in [0.3, 0.4) is 0 Å². The minimum absolute atomic E-state index is 0.00864. The van der Waals surface area contributed by atoms with E-state index in [0.717, 1.165) is 5.56 Å². The van der Waals surface area contributed by atoms with Crippen LogP contribution in [0.5, 0.6) is 17.2 Å². The van der Waals surface area contributed by atoms with Gasteiger partial charge in [-0.1, -0.05) is 30.3 Å². The maximum absolute atomic E-state index is 12.5. The molecule has 0 bridgehead atoms. The molecule has 0 aromatic heterocycles. The molecular formula is C20H25NO6S. The first-order valence-corrected chi connectivity index (χ1v) is 10.5. The van der Waals surface area contributed by atoms with Crippen LogP contribution in [0, 0.1) is 0 Å². The first kappa shape index (κ1) is 21.6. The summed E-state index contributed by atoms with van der Waals surface area (Å²) in [7, 11) is 1.18. The number of sulfone groups is 1. The topological polar surface area (TPSA) is 90.9 Å². The van der Waals surface area contributed by atoms with Crippen LogP contribution in [0.25, 0.3) is 0 Å². The molecule has 0 saturated heterocycles. The second-order valence-electron chi connectivity index (χ2n) is 6.09. The second kappa shape index (κ2) is 9.98. The number of amides is 1.